The molecule has 0 aliphatic heterocycles. The van der Waals surface area contributed by atoms with Gasteiger partial charge in [-0.25, -0.2) is 0 Å². The molecule has 3 aromatic carbocycles. The Kier molecular flexibility index (Phi) is 47.9. The number of hydrogen-bond donors (Lipinski definition) is 25. The fourth-order valence-corrected chi connectivity index (χ4v) is 13.4. The van der Waals surface area contributed by atoms with Crippen molar-refractivity contribution in [1.82, 2.24) is 84.3 Å². The number of amides is 15. The number of benzene rings is 3. The van der Waals surface area contributed by atoms with Crippen LogP contribution in [-0.4, -0.2) is 292 Å². The monoisotopic (exact) mass is 1860 g/mol. The second-order valence-electron chi connectivity index (χ2n) is 31.5. The molecule has 0 fully saturated rings. The van der Waals surface area contributed by atoms with Gasteiger partial charge in [-0.05, 0) is 112 Å². The van der Waals surface area contributed by atoms with Crippen molar-refractivity contribution in [3.05, 3.63) is 130 Å². The molecule has 131 heavy (non-hydrogen) atoms. The Morgan fingerprint density at radius 1 is 0.405 bits per heavy atom. The Labute approximate surface area is 758 Å². The molecule has 4 aromatic rings. The number of pyridine rings is 1. The second kappa shape index (κ2) is 57.0. The van der Waals surface area contributed by atoms with Crippen molar-refractivity contribution >= 4 is 118 Å². The lowest BCUT2D eigenvalue weighted by atomic mass is 9.96. The molecule has 4 rings (SSSR count). The number of aliphatic hydroxyl groups excluding tert-OH is 4. The predicted octanol–water partition coefficient (Wildman–Crippen LogP) is -5.94. The average Bonchev–Trinajstić information content (AvgIpc) is 0.834. The number of nitrogens with one attached hydrogen (secondary N) is 15. The fourth-order valence-electron chi connectivity index (χ4n) is 12.8. The van der Waals surface area contributed by atoms with Crippen LogP contribution in [-0.2, 0) is 112 Å². The van der Waals surface area contributed by atoms with Crippen molar-refractivity contribution in [3.8, 4) is 11.5 Å². The molecule has 15 amide bonds. The SMILES string of the molecule is CC[C@H](C)[C@H](NC(=O)[C@H](CO)NC(=O)[C@H](Cc1ccc(O)cc1)NC(=O)[C@H](CC(=O)O)NC(=O)[C@H](CO)NC(=O)[C@@H](NC(=O)[C@H](Cc1ccccc1)NC(=O)[C@@H](NC(=O)CNC(=O)[C@H](CCC(=O)O)NC(=O)CSCC(=O)NCCn1ccccc1=O)[C@@H](C)O)[C@@H](C)O)C(=O)N[C@@H](Cc1ccc(O)cc1)C(=O)N[C@@H](CC(C)C)C(=O)N[C@@H](CC(=O)O)C(=O)N[C@H](C)CCCCN. The van der Waals surface area contributed by atoms with E-state index in [9.17, 15) is 137 Å². The Morgan fingerprint density at radius 3 is 1.30 bits per heavy atom. The van der Waals surface area contributed by atoms with Crippen molar-refractivity contribution in [2.45, 2.75) is 223 Å². The number of phenolic OH excluding ortho intramolecular Hbond substituents is 2. The molecule has 0 spiro atoms. The van der Waals surface area contributed by atoms with Gasteiger partial charge in [0.1, 0.15) is 84.0 Å². The van der Waals surface area contributed by atoms with Crippen LogP contribution in [0.2, 0.25) is 0 Å². The van der Waals surface area contributed by atoms with Crippen LogP contribution < -0.4 is 91.0 Å². The summed E-state index contributed by atoms with van der Waals surface area (Å²) in [4.78, 5) is 257. The highest BCUT2D eigenvalue weighted by Crippen LogP contribution is 2.18. The van der Waals surface area contributed by atoms with Crippen molar-refractivity contribution in [2.75, 3.05) is 44.4 Å². The van der Waals surface area contributed by atoms with Gasteiger partial charge < -0.3 is 136 Å². The third kappa shape index (κ3) is 40.6. The molecule has 0 aliphatic carbocycles. The van der Waals surface area contributed by atoms with Gasteiger partial charge in [0.15, 0.2) is 0 Å². The number of carbonyl (C=O) groups excluding carboxylic acids is 15. The highest BCUT2D eigenvalue weighted by Gasteiger charge is 2.40. The molecule has 0 saturated carbocycles. The number of rotatable bonds is 59. The molecule has 1 aromatic heterocycles. The maximum atomic E-state index is 14.7. The van der Waals surface area contributed by atoms with E-state index >= 15 is 0 Å². The number of aromatic nitrogens is 1. The van der Waals surface area contributed by atoms with E-state index in [1.807, 2.05) is 0 Å². The number of carbonyl (C=O) groups is 18. The first-order valence-electron chi connectivity index (χ1n) is 42.2. The molecule has 0 aliphatic rings. The van der Waals surface area contributed by atoms with Gasteiger partial charge in [0.2, 0.25) is 88.6 Å². The summed E-state index contributed by atoms with van der Waals surface area (Å²) in [7, 11) is 0. The number of aliphatic hydroxyl groups is 4. The minimum absolute atomic E-state index is 0.0793. The van der Waals surface area contributed by atoms with E-state index in [0.29, 0.717) is 36.9 Å². The molecule has 0 radical (unpaired) electrons. The third-order valence-corrected chi connectivity index (χ3v) is 21.0. The largest absolute Gasteiger partial charge is 0.508 e. The number of nitrogens with two attached hydrogens (primary N) is 1. The summed E-state index contributed by atoms with van der Waals surface area (Å²) in [5.74, 6) is -23.5. The molecule has 720 valence electrons. The third-order valence-electron chi connectivity index (χ3n) is 20.1. The van der Waals surface area contributed by atoms with Gasteiger partial charge in [0, 0.05) is 57.1 Å². The Hall–Kier alpha value is -13.2. The van der Waals surface area contributed by atoms with Gasteiger partial charge in [-0.2, -0.15) is 0 Å². The van der Waals surface area contributed by atoms with E-state index in [2.05, 4.69) is 79.8 Å². The van der Waals surface area contributed by atoms with Crippen LogP contribution in [0, 0.1) is 11.8 Å². The van der Waals surface area contributed by atoms with Gasteiger partial charge in [-0.15, -0.1) is 11.8 Å². The smallest absolute Gasteiger partial charge is 0.305 e. The lowest BCUT2D eigenvalue weighted by molar-refractivity contribution is -0.142. The first-order valence-corrected chi connectivity index (χ1v) is 43.4. The molecule has 26 N–H and O–H groups in total. The van der Waals surface area contributed by atoms with Crippen molar-refractivity contribution in [3.63, 3.8) is 0 Å². The standard InChI is InChI=1S/C85H121N17O28S/c1-8-46(4)71(83(128)95-58(37-52-22-26-54(108)27-23-52)77(122)91-56(34-45(2)3)76(121)93-60(38-69(115)116)75(120)89-47(5)16-12-14-30-86)100-82(127)63(42-104)97-78(123)57(36-51-20-24-53(107)25-21-51)92-79(124)61(39-70(117)118)94-81(126)62(41-103)98-85(130)73(49(7)106)101-80(125)59(35-50-17-10-9-11-18-50)96-84(129)72(48(6)105)99-64(109)40-88-74(119)55(28-29-68(113)114)90-66(111)44-131-43-65(110)87-31-33-102-32-15-13-19-67(102)112/h9-11,13,15,17-27,32,45-49,55-63,71-73,103-108H,8,12,14,16,28-31,33-44,86H2,1-7H3,(H,87,110)(H,88,119)(H,89,120)(H,90,111)(H,91,122)(H,92,124)(H,93,121)(H,94,126)(H,95,128)(H,96,129)(H,97,123)(H,98,130)(H,99,109)(H,100,127)(H,101,125)(H,113,114)(H,115,116)(H,117,118)/t46-,47+,48+,49+,55-,56-,57-,58-,59-,60-,61-,62-,63-,71-,72-,73-/m0/s1. The van der Waals surface area contributed by atoms with E-state index in [-0.39, 0.29) is 72.4 Å². The van der Waals surface area contributed by atoms with Gasteiger partial charge in [-0.3, -0.25) is 91.1 Å². The summed E-state index contributed by atoms with van der Waals surface area (Å²) in [6.07, 6.45) is -4.85. The van der Waals surface area contributed by atoms with Crippen LogP contribution in [0.4, 0.5) is 0 Å². The second-order valence-corrected chi connectivity index (χ2v) is 32.5. The number of carboxylic acids is 3. The summed E-state index contributed by atoms with van der Waals surface area (Å²) in [6, 6.07) is 0.242. The lowest BCUT2D eigenvalue weighted by Gasteiger charge is -2.30. The topological polar surface area (TPSA) is 718 Å². The number of thioether (sulfide) groups is 1. The number of unbranched alkanes of at least 4 members (excludes halogenated alkanes) is 1. The van der Waals surface area contributed by atoms with E-state index < -0.39 is 261 Å². The predicted molar refractivity (Wildman–Crippen MR) is 469 cm³/mol. The highest BCUT2D eigenvalue weighted by atomic mass is 32.2. The van der Waals surface area contributed by atoms with E-state index in [4.69, 9.17) is 5.73 Å². The average molecular weight is 1860 g/mol. The zero-order valence-corrected chi connectivity index (χ0v) is 74.3. The normalized spacial score (nSPS) is 14.8. The minimum Gasteiger partial charge on any atom is -0.508 e. The maximum absolute atomic E-state index is 14.7. The first kappa shape index (κ1) is 110. The highest BCUT2D eigenvalue weighted by molar-refractivity contribution is 8.00. The van der Waals surface area contributed by atoms with E-state index in [1.54, 1.807) is 58.0 Å². The van der Waals surface area contributed by atoms with Gasteiger partial charge in [-0.1, -0.05) is 101 Å². The van der Waals surface area contributed by atoms with Crippen LogP contribution in [0.5, 0.6) is 11.5 Å². The van der Waals surface area contributed by atoms with E-state index in [1.165, 1.54) is 84.4 Å². The van der Waals surface area contributed by atoms with Gasteiger partial charge in [0.25, 0.3) is 5.56 Å². The number of phenols is 2. The molecule has 45 nitrogen and oxygen atoms in total. The van der Waals surface area contributed by atoms with Crippen LogP contribution in [0.25, 0.3) is 0 Å². The van der Waals surface area contributed by atoms with Crippen molar-refractivity contribution in [2.24, 2.45) is 17.6 Å². The molecule has 0 unspecified atom stereocenters. The molecule has 16 atom stereocenters. The van der Waals surface area contributed by atoms with Gasteiger partial charge >= 0.3 is 17.9 Å². The lowest BCUT2D eigenvalue weighted by Crippen LogP contribution is -2.63. The molecule has 0 saturated heterocycles. The zero-order valence-electron chi connectivity index (χ0n) is 73.5. The Balaban J connectivity index is 1.53. The van der Waals surface area contributed by atoms with Crippen molar-refractivity contribution in [1.29, 1.82) is 0 Å². The molecular formula is C85H121N17O28S. The molecule has 0 bridgehead atoms. The van der Waals surface area contributed by atoms with Gasteiger partial charge in [0.05, 0.1) is 56.3 Å². The number of nitrogens with zero attached hydrogens (tertiary/aromatic N) is 1. The number of aromatic hydroxyl groups is 2. The summed E-state index contributed by atoms with van der Waals surface area (Å²) >= 11 is 0.840. The van der Waals surface area contributed by atoms with Crippen LogP contribution in [0.15, 0.2) is 108 Å². The number of carboxylic acid groups (broad SMARTS) is 3. The summed E-state index contributed by atoms with van der Waals surface area (Å²) in [5.41, 5.74) is 6.20. The minimum atomic E-state index is -2.23. The van der Waals surface area contributed by atoms with Crippen LogP contribution in [0.3, 0.4) is 0 Å². The Bertz CT molecular complexity index is 4590. The van der Waals surface area contributed by atoms with Crippen LogP contribution in [0.1, 0.15) is 123 Å². The fraction of sp³-hybridized carbons (Fsp3) is 0.518. The Morgan fingerprint density at radius 2 is 0.817 bits per heavy atom. The number of aliphatic carboxylic acids is 3. The van der Waals surface area contributed by atoms with Crippen LogP contribution >= 0.6 is 11.8 Å². The van der Waals surface area contributed by atoms with Crippen molar-refractivity contribution < 1.29 is 132 Å². The quantitative estimate of drug-likeness (QED) is 0.0183. The molecule has 1 heterocycles. The maximum Gasteiger partial charge on any atom is 0.305 e. The van der Waals surface area contributed by atoms with E-state index in [0.717, 1.165) is 25.6 Å². The molecule has 46 heteroatoms. The number of hydrogen-bond acceptors (Lipinski definition) is 27. The first-order chi connectivity index (χ1) is 61.9. The summed E-state index contributed by atoms with van der Waals surface area (Å²) in [6.45, 7) is 7.44. The zero-order chi connectivity index (χ0) is 97.7. The summed E-state index contributed by atoms with van der Waals surface area (Å²) in [5, 5.41) is 128. The molecular weight excluding hydrogens is 1740 g/mol. The summed E-state index contributed by atoms with van der Waals surface area (Å²) < 4.78 is 1.37.